The molecule has 1 N–H and O–H groups in total. The summed E-state index contributed by atoms with van der Waals surface area (Å²) < 4.78 is 10.1. The van der Waals surface area contributed by atoms with Gasteiger partial charge in [0.25, 0.3) is 0 Å². The van der Waals surface area contributed by atoms with Crippen molar-refractivity contribution in [3.8, 4) is 0 Å². The third-order valence-electron chi connectivity index (χ3n) is 2.07. The number of carbonyl (C=O) groups is 1. The Morgan fingerprint density at radius 1 is 1.64 bits per heavy atom. The molecule has 6 nitrogen and oxygen atoms in total. The van der Waals surface area contributed by atoms with Crippen LogP contribution >= 0.6 is 0 Å². The second kappa shape index (κ2) is 3.75. The van der Waals surface area contributed by atoms with Gasteiger partial charge in [-0.05, 0) is 6.42 Å². The Bertz CT molecular complexity index is 330. The highest BCUT2D eigenvalue weighted by atomic mass is 16.5. The number of aromatic nitrogens is 2. The van der Waals surface area contributed by atoms with Crippen LogP contribution in [-0.4, -0.2) is 34.4 Å². The van der Waals surface area contributed by atoms with Gasteiger partial charge >= 0.3 is 5.97 Å². The first kappa shape index (κ1) is 9.14. The van der Waals surface area contributed by atoms with E-state index in [1.165, 1.54) is 0 Å². The Hall–Kier alpha value is -1.43. The van der Waals surface area contributed by atoms with Crippen LogP contribution in [0.1, 0.15) is 24.1 Å². The molecule has 2 rings (SSSR count). The van der Waals surface area contributed by atoms with Crippen LogP contribution in [0.4, 0.5) is 0 Å². The fourth-order valence-electron chi connectivity index (χ4n) is 1.37. The molecule has 0 saturated carbocycles. The maximum atomic E-state index is 10.4. The van der Waals surface area contributed by atoms with Crippen molar-refractivity contribution in [1.29, 1.82) is 0 Å². The van der Waals surface area contributed by atoms with Gasteiger partial charge in [-0.15, -0.1) is 0 Å². The molecule has 0 aliphatic carbocycles. The minimum atomic E-state index is -0.958. The summed E-state index contributed by atoms with van der Waals surface area (Å²) in [6.07, 6.45) is 0.659. The van der Waals surface area contributed by atoms with Gasteiger partial charge in [-0.2, -0.15) is 4.98 Å². The molecule has 1 fully saturated rings. The van der Waals surface area contributed by atoms with Gasteiger partial charge < -0.3 is 14.4 Å². The van der Waals surface area contributed by atoms with Gasteiger partial charge in [0.05, 0.1) is 12.5 Å². The molecule has 6 heteroatoms. The van der Waals surface area contributed by atoms with E-state index in [2.05, 4.69) is 10.1 Å². The third-order valence-corrected chi connectivity index (χ3v) is 2.07. The van der Waals surface area contributed by atoms with Crippen molar-refractivity contribution in [2.45, 2.75) is 18.8 Å². The molecule has 2 heterocycles. The lowest BCUT2D eigenvalue weighted by Gasteiger charge is -1.97. The molecule has 0 spiro atoms. The van der Waals surface area contributed by atoms with Crippen molar-refractivity contribution in [3.63, 3.8) is 0 Å². The molecule has 0 bridgehead atoms. The lowest BCUT2D eigenvalue weighted by atomic mass is 10.1. The number of ether oxygens (including phenoxy) is 1. The molecular weight excluding hydrogens is 188 g/mol. The van der Waals surface area contributed by atoms with Crippen LogP contribution < -0.4 is 0 Å². The van der Waals surface area contributed by atoms with Gasteiger partial charge in [0.1, 0.15) is 6.42 Å². The molecule has 14 heavy (non-hydrogen) atoms. The first-order valence-corrected chi connectivity index (χ1v) is 4.37. The summed E-state index contributed by atoms with van der Waals surface area (Å²) in [5, 5.41) is 12.1. The van der Waals surface area contributed by atoms with Gasteiger partial charge in [-0.1, -0.05) is 5.16 Å². The maximum Gasteiger partial charge on any atom is 0.311 e. The van der Waals surface area contributed by atoms with Crippen LogP contribution in [0.2, 0.25) is 0 Å². The Morgan fingerprint density at radius 3 is 3.14 bits per heavy atom. The average molecular weight is 198 g/mol. The predicted octanol–water partition coefficient (Wildman–Crippen LogP) is 0.201. The molecule has 0 amide bonds. The smallest absolute Gasteiger partial charge is 0.311 e. The molecule has 0 aromatic carbocycles. The Balaban J connectivity index is 2.05. The van der Waals surface area contributed by atoms with E-state index in [0.717, 1.165) is 6.42 Å². The molecule has 1 unspecified atom stereocenters. The molecule has 1 saturated heterocycles. The van der Waals surface area contributed by atoms with E-state index in [1.54, 1.807) is 0 Å². The number of carboxylic acids is 1. The van der Waals surface area contributed by atoms with Crippen molar-refractivity contribution in [2.75, 3.05) is 13.2 Å². The van der Waals surface area contributed by atoms with E-state index >= 15 is 0 Å². The van der Waals surface area contributed by atoms with E-state index in [0.29, 0.717) is 19.1 Å². The number of hydrogen-bond acceptors (Lipinski definition) is 5. The first-order chi connectivity index (χ1) is 6.75. The predicted molar refractivity (Wildman–Crippen MR) is 43.8 cm³/mol. The van der Waals surface area contributed by atoms with Crippen LogP contribution in [0.25, 0.3) is 0 Å². The van der Waals surface area contributed by atoms with Crippen molar-refractivity contribution in [1.82, 2.24) is 10.1 Å². The van der Waals surface area contributed by atoms with Crippen LogP contribution in [0.5, 0.6) is 0 Å². The quantitative estimate of drug-likeness (QED) is 0.746. The zero-order valence-corrected chi connectivity index (χ0v) is 7.47. The zero-order valence-electron chi connectivity index (χ0n) is 7.47. The van der Waals surface area contributed by atoms with Gasteiger partial charge in [0.2, 0.25) is 5.89 Å². The van der Waals surface area contributed by atoms with Crippen LogP contribution in [0.3, 0.4) is 0 Å². The summed E-state index contributed by atoms with van der Waals surface area (Å²) in [7, 11) is 0. The Labute approximate surface area is 79.9 Å². The highest BCUT2D eigenvalue weighted by Gasteiger charge is 2.24. The summed E-state index contributed by atoms with van der Waals surface area (Å²) in [6.45, 7) is 1.27. The molecule has 0 radical (unpaired) electrons. The van der Waals surface area contributed by atoms with Crippen LogP contribution in [0, 0.1) is 0 Å². The molecule has 1 aromatic heterocycles. The average Bonchev–Trinajstić information content (AvgIpc) is 2.69. The first-order valence-electron chi connectivity index (χ1n) is 4.37. The standard InChI is InChI=1S/C8H10N2O4/c11-7(12)3-6-9-8(14-10-6)5-1-2-13-4-5/h5H,1-4H2,(H,11,12). The second-order valence-electron chi connectivity index (χ2n) is 3.18. The largest absolute Gasteiger partial charge is 0.481 e. The highest BCUT2D eigenvalue weighted by Crippen LogP contribution is 2.23. The number of carboxylic acid groups (broad SMARTS) is 1. The van der Waals surface area contributed by atoms with Gasteiger partial charge in [0, 0.05) is 6.61 Å². The van der Waals surface area contributed by atoms with Crippen LogP contribution in [0.15, 0.2) is 4.52 Å². The minimum absolute atomic E-state index is 0.130. The lowest BCUT2D eigenvalue weighted by molar-refractivity contribution is -0.136. The fraction of sp³-hybridized carbons (Fsp3) is 0.625. The Kier molecular flexibility index (Phi) is 2.45. The van der Waals surface area contributed by atoms with E-state index < -0.39 is 5.97 Å². The molecule has 76 valence electrons. The molecule has 1 aromatic rings. The van der Waals surface area contributed by atoms with E-state index in [-0.39, 0.29) is 18.2 Å². The monoisotopic (exact) mass is 198 g/mol. The SMILES string of the molecule is O=C(O)Cc1noc(C2CCOC2)n1. The highest BCUT2D eigenvalue weighted by molar-refractivity contribution is 5.68. The van der Waals surface area contributed by atoms with Gasteiger partial charge in [0.15, 0.2) is 5.82 Å². The van der Waals surface area contributed by atoms with Gasteiger partial charge in [-0.3, -0.25) is 4.79 Å². The van der Waals surface area contributed by atoms with Crippen molar-refractivity contribution < 1.29 is 19.2 Å². The summed E-state index contributed by atoms with van der Waals surface area (Å²) in [6, 6.07) is 0. The summed E-state index contributed by atoms with van der Waals surface area (Å²) in [4.78, 5) is 14.3. The summed E-state index contributed by atoms with van der Waals surface area (Å²) in [5.41, 5.74) is 0. The van der Waals surface area contributed by atoms with Crippen molar-refractivity contribution in [3.05, 3.63) is 11.7 Å². The second-order valence-corrected chi connectivity index (χ2v) is 3.18. The van der Waals surface area contributed by atoms with E-state index in [1.807, 2.05) is 0 Å². The normalized spacial score (nSPS) is 21.3. The third kappa shape index (κ3) is 1.90. The Morgan fingerprint density at radius 2 is 2.50 bits per heavy atom. The number of rotatable bonds is 3. The van der Waals surface area contributed by atoms with E-state index in [4.69, 9.17) is 14.4 Å². The lowest BCUT2D eigenvalue weighted by Crippen LogP contribution is -2.03. The van der Waals surface area contributed by atoms with Gasteiger partial charge in [-0.25, -0.2) is 0 Å². The number of nitrogens with zero attached hydrogens (tertiary/aromatic N) is 2. The van der Waals surface area contributed by atoms with E-state index in [9.17, 15) is 4.79 Å². The maximum absolute atomic E-state index is 10.4. The van der Waals surface area contributed by atoms with Crippen LogP contribution in [-0.2, 0) is 16.0 Å². The summed E-state index contributed by atoms with van der Waals surface area (Å²) >= 11 is 0. The number of aliphatic carboxylic acids is 1. The fourth-order valence-corrected chi connectivity index (χ4v) is 1.37. The molecular formula is C8H10N2O4. The molecule has 1 atom stereocenters. The molecule has 1 aliphatic heterocycles. The zero-order chi connectivity index (χ0) is 9.97. The minimum Gasteiger partial charge on any atom is -0.481 e. The van der Waals surface area contributed by atoms with Crippen molar-refractivity contribution in [2.24, 2.45) is 0 Å². The molecule has 1 aliphatic rings. The summed E-state index contributed by atoms with van der Waals surface area (Å²) in [5.74, 6) is -0.122. The number of hydrogen-bond donors (Lipinski definition) is 1. The topological polar surface area (TPSA) is 85.5 Å². The van der Waals surface area contributed by atoms with Crippen molar-refractivity contribution >= 4 is 5.97 Å².